The number of aryl methyl sites for hydroxylation is 1. The number of rotatable bonds is 4. The number of hydrogen-bond donors (Lipinski definition) is 3. The van der Waals surface area contributed by atoms with Crippen molar-refractivity contribution in [3.63, 3.8) is 0 Å². The topological polar surface area (TPSA) is 86.9 Å². The number of hydrogen-bond acceptors (Lipinski definition) is 4. The molecule has 18 heavy (non-hydrogen) atoms. The van der Waals surface area contributed by atoms with Gasteiger partial charge in [0.2, 0.25) is 5.91 Å². The van der Waals surface area contributed by atoms with Gasteiger partial charge in [0.05, 0.1) is 0 Å². The van der Waals surface area contributed by atoms with Crippen LogP contribution >= 0.6 is 0 Å². The van der Waals surface area contributed by atoms with Gasteiger partial charge in [-0.2, -0.15) is 0 Å². The highest BCUT2D eigenvalue weighted by Crippen LogP contribution is 2.01. The van der Waals surface area contributed by atoms with E-state index in [1.54, 1.807) is 6.92 Å². The summed E-state index contributed by atoms with van der Waals surface area (Å²) in [5.74, 6) is 1.00. The van der Waals surface area contributed by atoms with Crippen molar-refractivity contribution in [2.45, 2.75) is 39.7 Å². The van der Waals surface area contributed by atoms with E-state index in [1.165, 1.54) is 6.07 Å². The first-order valence-electron chi connectivity index (χ1n) is 5.89. The minimum Gasteiger partial charge on any atom is -0.369 e. The summed E-state index contributed by atoms with van der Waals surface area (Å²) in [4.78, 5) is 29.4. The Bertz CT molecular complexity index is 474. The predicted octanol–water partition coefficient (Wildman–Crippen LogP) is 0.795. The number of H-pyrrole nitrogens is 1. The maximum absolute atomic E-state index is 11.5. The van der Waals surface area contributed by atoms with Crippen LogP contribution in [-0.4, -0.2) is 28.0 Å². The van der Waals surface area contributed by atoms with Crippen LogP contribution in [0.25, 0.3) is 0 Å². The summed E-state index contributed by atoms with van der Waals surface area (Å²) in [5.41, 5.74) is -0.431. The third-order valence-electron chi connectivity index (χ3n) is 2.03. The number of aromatic amines is 1. The van der Waals surface area contributed by atoms with E-state index in [0.29, 0.717) is 24.6 Å². The molecule has 1 aromatic heterocycles. The van der Waals surface area contributed by atoms with E-state index in [9.17, 15) is 9.59 Å². The molecule has 1 amide bonds. The highest BCUT2D eigenvalue weighted by Gasteiger charge is 2.12. The zero-order chi connectivity index (χ0) is 13.8. The van der Waals surface area contributed by atoms with Crippen molar-refractivity contribution in [3.05, 3.63) is 22.2 Å². The first-order chi connectivity index (χ1) is 8.26. The van der Waals surface area contributed by atoms with Crippen molar-refractivity contribution in [2.24, 2.45) is 0 Å². The van der Waals surface area contributed by atoms with Gasteiger partial charge in [-0.1, -0.05) is 0 Å². The maximum atomic E-state index is 11.5. The first kappa shape index (κ1) is 14.2. The molecule has 0 spiro atoms. The van der Waals surface area contributed by atoms with Gasteiger partial charge < -0.3 is 15.6 Å². The average molecular weight is 252 g/mol. The average Bonchev–Trinajstić information content (AvgIpc) is 2.12. The van der Waals surface area contributed by atoms with Gasteiger partial charge in [0, 0.05) is 24.6 Å². The fraction of sp³-hybridized carbons (Fsp3) is 0.583. The fourth-order valence-electron chi connectivity index (χ4n) is 1.45. The van der Waals surface area contributed by atoms with E-state index < -0.39 is 0 Å². The predicted molar refractivity (Wildman–Crippen MR) is 70.6 cm³/mol. The van der Waals surface area contributed by atoms with Gasteiger partial charge in [0.15, 0.2) is 0 Å². The number of nitrogens with one attached hydrogen (secondary N) is 3. The van der Waals surface area contributed by atoms with Gasteiger partial charge in [-0.25, -0.2) is 4.98 Å². The number of carbonyl (C=O) groups is 1. The Hall–Kier alpha value is -1.85. The van der Waals surface area contributed by atoms with E-state index in [2.05, 4.69) is 20.6 Å². The lowest BCUT2D eigenvalue weighted by Gasteiger charge is -2.20. The van der Waals surface area contributed by atoms with Crippen LogP contribution in [0, 0.1) is 6.92 Å². The second-order valence-electron chi connectivity index (χ2n) is 5.19. The highest BCUT2D eigenvalue weighted by molar-refractivity contribution is 5.77. The van der Waals surface area contributed by atoms with Crippen LogP contribution in [0.4, 0.5) is 5.82 Å². The third-order valence-corrected chi connectivity index (χ3v) is 2.03. The van der Waals surface area contributed by atoms with Crippen molar-refractivity contribution >= 4 is 11.7 Å². The Balaban J connectivity index is 2.42. The molecule has 0 aromatic carbocycles. The zero-order valence-electron chi connectivity index (χ0n) is 11.3. The number of aromatic nitrogens is 2. The lowest BCUT2D eigenvalue weighted by Crippen LogP contribution is -2.41. The second-order valence-corrected chi connectivity index (χ2v) is 5.19. The van der Waals surface area contributed by atoms with Crippen molar-refractivity contribution in [1.82, 2.24) is 15.3 Å². The van der Waals surface area contributed by atoms with E-state index in [-0.39, 0.29) is 17.0 Å². The summed E-state index contributed by atoms with van der Waals surface area (Å²) >= 11 is 0. The molecule has 0 fully saturated rings. The Labute approximate surface area is 106 Å². The van der Waals surface area contributed by atoms with E-state index >= 15 is 0 Å². The number of nitrogens with zero attached hydrogens (tertiary/aromatic N) is 1. The molecular weight excluding hydrogens is 232 g/mol. The normalized spacial score (nSPS) is 11.1. The monoisotopic (exact) mass is 252 g/mol. The lowest BCUT2D eigenvalue weighted by atomic mass is 10.1. The molecule has 6 nitrogen and oxygen atoms in total. The van der Waals surface area contributed by atoms with Crippen molar-refractivity contribution < 1.29 is 4.79 Å². The molecule has 0 atom stereocenters. The molecule has 0 aliphatic carbocycles. The van der Waals surface area contributed by atoms with Crippen LogP contribution in [0.2, 0.25) is 0 Å². The van der Waals surface area contributed by atoms with E-state index in [1.807, 2.05) is 20.8 Å². The van der Waals surface area contributed by atoms with Crippen LogP contribution in [0.3, 0.4) is 0 Å². The minimum atomic E-state index is -0.226. The molecule has 0 unspecified atom stereocenters. The number of amides is 1. The molecule has 1 aromatic rings. The second kappa shape index (κ2) is 5.66. The van der Waals surface area contributed by atoms with Crippen molar-refractivity contribution in [3.8, 4) is 0 Å². The van der Waals surface area contributed by atoms with E-state index in [4.69, 9.17) is 0 Å². The highest BCUT2D eigenvalue weighted by atomic mass is 16.1. The molecule has 1 rings (SSSR count). The molecule has 0 aliphatic heterocycles. The van der Waals surface area contributed by atoms with Crippen molar-refractivity contribution in [2.75, 3.05) is 11.9 Å². The number of anilines is 1. The molecular formula is C12H20N4O2. The van der Waals surface area contributed by atoms with Gasteiger partial charge in [-0.3, -0.25) is 9.59 Å². The van der Waals surface area contributed by atoms with Gasteiger partial charge in [-0.15, -0.1) is 0 Å². The molecule has 0 saturated carbocycles. The maximum Gasteiger partial charge on any atom is 0.252 e. The minimum absolute atomic E-state index is 0.0310. The Kier molecular flexibility index (Phi) is 4.47. The Morgan fingerprint density at radius 1 is 1.44 bits per heavy atom. The fourth-order valence-corrected chi connectivity index (χ4v) is 1.45. The molecule has 0 bridgehead atoms. The van der Waals surface area contributed by atoms with Crippen LogP contribution < -0.4 is 16.2 Å². The van der Waals surface area contributed by atoms with Crippen LogP contribution in [-0.2, 0) is 4.79 Å². The quantitative estimate of drug-likeness (QED) is 0.739. The van der Waals surface area contributed by atoms with Gasteiger partial charge in [0.25, 0.3) is 5.56 Å². The van der Waals surface area contributed by atoms with Crippen LogP contribution in [0.5, 0.6) is 0 Å². The summed E-state index contributed by atoms with van der Waals surface area (Å²) < 4.78 is 0. The van der Waals surface area contributed by atoms with Gasteiger partial charge >= 0.3 is 0 Å². The largest absolute Gasteiger partial charge is 0.369 e. The summed E-state index contributed by atoms with van der Waals surface area (Å²) in [6.07, 6.45) is 0.338. The smallest absolute Gasteiger partial charge is 0.252 e. The summed E-state index contributed by atoms with van der Waals surface area (Å²) in [7, 11) is 0. The van der Waals surface area contributed by atoms with Gasteiger partial charge in [-0.05, 0) is 27.7 Å². The molecule has 0 aliphatic rings. The lowest BCUT2D eigenvalue weighted by molar-refractivity contribution is -0.122. The van der Waals surface area contributed by atoms with Crippen LogP contribution in [0.15, 0.2) is 10.9 Å². The molecule has 0 radical (unpaired) electrons. The summed E-state index contributed by atoms with van der Waals surface area (Å²) in [5, 5.41) is 5.81. The SMILES string of the molecule is Cc1nc(NCCC(=O)NC(C)(C)C)cc(=O)[nH]1. The van der Waals surface area contributed by atoms with Gasteiger partial charge in [0.1, 0.15) is 11.6 Å². The molecule has 100 valence electrons. The Morgan fingerprint density at radius 2 is 2.11 bits per heavy atom. The van der Waals surface area contributed by atoms with Crippen LogP contribution in [0.1, 0.15) is 33.0 Å². The first-order valence-corrected chi connectivity index (χ1v) is 5.89. The molecule has 6 heteroatoms. The van der Waals surface area contributed by atoms with Crippen molar-refractivity contribution in [1.29, 1.82) is 0 Å². The standard InChI is InChI=1S/C12H20N4O2/c1-8-14-9(7-11(18)15-8)13-6-5-10(17)16-12(2,3)4/h7H,5-6H2,1-4H3,(H,16,17)(H2,13,14,15,18). The molecule has 0 saturated heterocycles. The third kappa shape index (κ3) is 5.47. The summed E-state index contributed by atoms with van der Waals surface area (Å²) in [6.45, 7) is 7.94. The zero-order valence-corrected chi connectivity index (χ0v) is 11.3. The Morgan fingerprint density at radius 3 is 2.67 bits per heavy atom. The molecule has 1 heterocycles. The van der Waals surface area contributed by atoms with E-state index in [0.717, 1.165) is 0 Å². The summed E-state index contributed by atoms with van der Waals surface area (Å²) in [6, 6.07) is 1.37. The molecule has 3 N–H and O–H groups in total. The number of carbonyl (C=O) groups excluding carboxylic acids is 1.